The van der Waals surface area contributed by atoms with Crippen LogP contribution >= 0.6 is 11.3 Å². The molecule has 0 saturated heterocycles. The second-order valence-electron chi connectivity index (χ2n) is 4.08. The molecule has 0 aliphatic heterocycles. The first kappa shape index (κ1) is 12.7. The Bertz CT molecular complexity index is 584. The van der Waals surface area contributed by atoms with Crippen LogP contribution in [0.1, 0.15) is 20.9 Å². The van der Waals surface area contributed by atoms with Gasteiger partial charge in [0, 0.05) is 22.8 Å². The van der Waals surface area contributed by atoms with Gasteiger partial charge in [0.15, 0.2) is 0 Å². The van der Waals surface area contributed by atoms with Crippen LogP contribution in [0.4, 0.5) is 4.39 Å². The van der Waals surface area contributed by atoms with Crippen LogP contribution in [0.25, 0.3) is 0 Å². The molecule has 4 heteroatoms. The zero-order valence-corrected chi connectivity index (χ0v) is 10.9. The minimum absolute atomic E-state index is 0.360. The van der Waals surface area contributed by atoms with Gasteiger partial charge in [0.25, 0.3) is 0 Å². The number of nitrogens with zero attached hydrogens (tertiary/aromatic N) is 1. The lowest BCUT2D eigenvalue weighted by Crippen LogP contribution is -2.12. The average Bonchev–Trinajstić information content (AvgIpc) is 2.74. The molecule has 92 valence electrons. The third-order valence-corrected chi connectivity index (χ3v) is 3.51. The summed E-state index contributed by atoms with van der Waals surface area (Å²) in [5.74, 6) is -0.363. The Morgan fingerprint density at radius 1 is 1.28 bits per heavy atom. The Balaban J connectivity index is 1.94. The summed E-state index contributed by atoms with van der Waals surface area (Å²) in [6, 6.07) is 10.5. The van der Waals surface area contributed by atoms with Crippen LogP contribution < -0.4 is 5.32 Å². The van der Waals surface area contributed by atoms with Crippen molar-refractivity contribution in [2.75, 3.05) is 0 Å². The van der Waals surface area contributed by atoms with E-state index >= 15 is 0 Å². The molecule has 2 nitrogen and oxygen atoms in total. The van der Waals surface area contributed by atoms with Crippen molar-refractivity contribution in [3.8, 4) is 6.07 Å². The Morgan fingerprint density at radius 2 is 2.11 bits per heavy atom. The van der Waals surface area contributed by atoms with Gasteiger partial charge in [0.2, 0.25) is 0 Å². The molecule has 0 amide bonds. The molecule has 0 aliphatic carbocycles. The van der Waals surface area contributed by atoms with Gasteiger partial charge in [-0.05, 0) is 42.8 Å². The molecule has 2 rings (SSSR count). The molecule has 1 aromatic carbocycles. The molecule has 0 bridgehead atoms. The molecule has 0 atom stereocenters. The first-order valence-corrected chi connectivity index (χ1v) is 6.44. The summed E-state index contributed by atoms with van der Waals surface area (Å²) in [5.41, 5.74) is 1.15. The summed E-state index contributed by atoms with van der Waals surface area (Å²) < 4.78 is 13.2. The fourth-order valence-corrected chi connectivity index (χ4v) is 2.59. The highest BCUT2D eigenvalue weighted by Crippen LogP contribution is 2.15. The second-order valence-corrected chi connectivity index (χ2v) is 5.45. The molecule has 0 unspecified atom stereocenters. The molecule has 0 fully saturated rings. The standard InChI is InChI=1S/C14H13FN2S/c1-10-2-3-14(18-10)9-17-8-12-4-11(7-16)5-13(15)6-12/h2-6,17H,8-9H2,1H3. The van der Waals surface area contributed by atoms with E-state index in [1.165, 1.54) is 21.9 Å². The lowest BCUT2D eigenvalue weighted by Gasteiger charge is -2.04. The van der Waals surface area contributed by atoms with Gasteiger partial charge in [-0.15, -0.1) is 11.3 Å². The third-order valence-electron chi connectivity index (χ3n) is 2.51. The lowest BCUT2D eigenvalue weighted by molar-refractivity contribution is 0.620. The van der Waals surface area contributed by atoms with E-state index in [0.717, 1.165) is 12.1 Å². The van der Waals surface area contributed by atoms with Crippen LogP contribution in [0.5, 0.6) is 0 Å². The molecule has 0 radical (unpaired) electrons. The maximum atomic E-state index is 13.2. The normalized spacial score (nSPS) is 10.3. The molecule has 1 N–H and O–H groups in total. The third kappa shape index (κ3) is 3.39. The maximum Gasteiger partial charge on any atom is 0.124 e. The van der Waals surface area contributed by atoms with Crippen LogP contribution in [-0.2, 0) is 13.1 Å². The molecular formula is C14H13FN2S. The molecule has 1 heterocycles. The molecule has 2 aromatic rings. The SMILES string of the molecule is Cc1ccc(CNCc2cc(F)cc(C#N)c2)s1. The smallest absolute Gasteiger partial charge is 0.124 e. The van der Waals surface area contributed by atoms with Crippen LogP contribution in [0.15, 0.2) is 30.3 Å². The summed E-state index contributed by atoms with van der Waals surface area (Å²) in [6.07, 6.45) is 0. The number of aryl methyl sites for hydroxylation is 1. The first-order chi connectivity index (χ1) is 8.67. The van der Waals surface area contributed by atoms with Gasteiger partial charge in [-0.25, -0.2) is 4.39 Å². The molecular weight excluding hydrogens is 247 g/mol. The van der Waals surface area contributed by atoms with Gasteiger partial charge in [0.1, 0.15) is 5.82 Å². The van der Waals surface area contributed by atoms with Crippen molar-refractivity contribution in [1.29, 1.82) is 5.26 Å². The Labute approximate surface area is 110 Å². The van der Waals surface area contributed by atoms with E-state index in [4.69, 9.17) is 5.26 Å². The molecule has 1 aromatic heterocycles. The van der Waals surface area contributed by atoms with E-state index in [2.05, 4.69) is 24.4 Å². The highest BCUT2D eigenvalue weighted by atomic mass is 32.1. The molecule has 0 saturated carbocycles. The van der Waals surface area contributed by atoms with Crippen molar-refractivity contribution < 1.29 is 4.39 Å². The largest absolute Gasteiger partial charge is 0.308 e. The number of nitrogens with one attached hydrogen (secondary N) is 1. The minimum Gasteiger partial charge on any atom is -0.308 e. The Hall–Kier alpha value is -1.70. The number of hydrogen-bond acceptors (Lipinski definition) is 3. The highest BCUT2D eigenvalue weighted by Gasteiger charge is 2.01. The van der Waals surface area contributed by atoms with E-state index in [1.54, 1.807) is 17.4 Å². The fourth-order valence-electron chi connectivity index (χ4n) is 1.73. The monoisotopic (exact) mass is 260 g/mol. The minimum atomic E-state index is -0.363. The van der Waals surface area contributed by atoms with E-state index in [0.29, 0.717) is 12.1 Å². The molecule has 0 spiro atoms. The van der Waals surface area contributed by atoms with Crippen molar-refractivity contribution in [1.82, 2.24) is 5.32 Å². The number of benzene rings is 1. The summed E-state index contributed by atoms with van der Waals surface area (Å²) in [7, 11) is 0. The van der Waals surface area contributed by atoms with E-state index < -0.39 is 0 Å². The summed E-state index contributed by atoms with van der Waals surface area (Å²) in [6.45, 7) is 3.39. The summed E-state index contributed by atoms with van der Waals surface area (Å²) >= 11 is 1.74. The quantitative estimate of drug-likeness (QED) is 0.915. The molecule has 18 heavy (non-hydrogen) atoms. The predicted molar refractivity (Wildman–Crippen MR) is 70.7 cm³/mol. The van der Waals surface area contributed by atoms with Crippen LogP contribution in [0, 0.1) is 24.1 Å². The van der Waals surface area contributed by atoms with E-state index in [-0.39, 0.29) is 5.82 Å². The van der Waals surface area contributed by atoms with Crippen molar-refractivity contribution >= 4 is 11.3 Å². The van der Waals surface area contributed by atoms with Crippen LogP contribution in [0.3, 0.4) is 0 Å². The van der Waals surface area contributed by atoms with Crippen molar-refractivity contribution in [2.24, 2.45) is 0 Å². The van der Waals surface area contributed by atoms with Crippen molar-refractivity contribution in [2.45, 2.75) is 20.0 Å². The number of thiophene rings is 1. The first-order valence-electron chi connectivity index (χ1n) is 5.63. The van der Waals surface area contributed by atoms with E-state index in [1.807, 2.05) is 6.07 Å². The number of hydrogen-bond donors (Lipinski definition) is 1. The van der Waals surface area contributed by atoms with Crippen molar-refractivity contribution in [3.63, 3.8) is 0 Å². The summed E-state index contributed by atoms with van der Waals surface area (Å²) in [5, 5.41) is 12.0. The van der Waals surface area contributed by atoms with Crippen molar-refractivity contribution in [3.05, 3.63) is 57.0 Å². The zero-order chi connectivity index (χ0) is 13.0. The van der Waals surface area contributed by atoms with E-state index in [9.17, 15) is 4.39 Å². The highest BCUT2D eigenvalue weighted by molar-refractivity contribution is 7.11. The fraction of sp³-hybridized carbons (Fsp3) is 0.214. The number of nitriles is 1. The van der Waals surface area contributed by atoms with Gasteiger partial charge in [0.05, 0.1) is 11.6 Å². The molecule has 0 aliphatic rings. The van der Waals surface area contributed by atoms with Gasteiger partial charge in [-0.3, -0.25) is 0 Å². The van der Waals surface area contributed by atoms with Gasteiger partial charge in [-0.2, -0.15) is 5.26 Å². The summed E-state index contributed by atoms with van der Waals surface area (Å²) in [4.78, 5) is 2.54. The lowest BCUT2D eigenvalue weighted by atomic mass is 10.1. The predicted octanol–water partition coefficient (Wildman–Crippen LogP) is 3.36. The topological polar surface area (TPSA) is 35.8 Å². The van der Waals surface area contributed by atoms with Crippen LogP contribution in [0.2, 0.25) is 0 Å². The number of halogens is 1. The van der Waals surface area contributed by atoms with Gasteiger partial charge < -0.3 is 5.32 Å². The second kappa shape index (κ2) is 5.76. The zero-order valence-electron chi connectivity index (χ0n) is 10.0. The Morgan fingerprint density at radius 3 is 2.78 bits per heavy atom. The maximum absolute atomic E-state index is 13.2. The number of rotatable bonds is 4. The van der Waals surface area contributed by atoms with Gasteiger partial charge >= 0.3 is 0 Å². The van der Waals surface area contributed by atoms with Crippen LogP contribution in [-0.4, -0.2) is 0 Å². The Kier molecular flexibility index (Phi) is 4.08. The van der Waals surface area contributed by atoms with Gasteiger partial charge in [-0.1, -0.05) is 0 Å². The average molecular weight is 260 g/mol.